The van der Waals surface area contributed by atoms with Crippen molar-refractivity contribution in [1.29, 1.82) is 0 Å². The van der Waals surface area contributed by atoms with Gasteiger partial charge in [-0.2, -0.15) is 0 Å². The lowest BCUT2D eigenvalue weighted by molar-refractivity contribution is 0.0697. The molecule has 0 radical (unpaired) electrons. The van der Waals surface area contributed by atoms with Gasteiger partial charge in [0, 0.05) is 29.2 Å². The molecule has 1 atom stereocenters. The van der Waals surface area contributed by atoms with E-state index in [9.17, 15) is 9.90 Å². The molecule has 1 unspecified atom stereocenters. The van der Waals surface area contributed by atoms with Gasteiger partial charge in [0.1, 0.15) is 0 Å². The Labute approximate surface area is 99.1 Å². The Morgan fingerprint density at radius 2 is 2.06 bits per heavy atom. The average Bonchev–Trinajstić information content (AvgIpc) is 2.51. The number of carboxylic acid groups (broad SMARTS) is 1. The van der Waals surface area contributed by atoms with Crippen molar-refractivity contribution in [2.75, 3.05) is 0 Å². The van der Waals surface area contributed by atoms with E-state index in [2.05, 4.69) is 0 Å². The Hall–Kier alpha value is -1.81. The Morgan fingerprint density at radius 1 is 1.41 bits per heavy atom. The molecular weight excluding hydrogens is 218 g/mol. The fraction of sp³-hybridized carbons (Fsp3) is 0.308. The number of hydrogen-bond donors (Lipinski definition) is 2. The van der Waals surface area contributed by atoms with Gasteiger partial charge < -0.3 is 14.8 Å². The number of rotatable bonds is 2. The van der Waals surface area contributed by atoms with Crippen molar-refractivity contribution in [2.24, 2.45) is 7.05 Å². The Balaban J connectivity index is 2.83. The van der Waals surface area contributed by atoms with Gasteiger partial charge in [0.2, 0.25) is 0 Å². The predicted octanol–water partition coefficient (Wildman–Crippen LogP) is 2.24. The quantitative estimate of drug-likeness (QED) is 0.836. The number of aliphatic hydroxyl groups excluding tert-OH is 1. The zero-order valence-corrected chi connectivity index (χ0v) is 10.1. The summed E-state index contributed by atoms with van der Waals surface area (Å²) < 4.78 is 1.96. The van der Waals surface area contributed by atoms with Crippen LogP contribution in [-0.2, 0) is 7.05 Å². The third kappa shape index (κ3) is 1.70. The molecule has 0 spiro atoms. The smallest absolute Gasteiger partial charge is 0.335 e. The monoisotopic (exact) mass is 233 g/mol. The van der Waals surface area contributed by atoms with Crippen molar-refractivity contribution in [1.82, 2.24) is 4.57 Å². The highest BCUT2D eigenvalue weighted by Gasteiger charge is 2.17. The first-order chi connectivity index (χ1) is 7.93. The van der Waals surface area contributed by atoms with Crippen LogP contribution in [-0.4, -0.2) is 20.7 Å². The summed E-state index contributed by atoms with van der Waals surface area (Å²) in [5, 5.41) is 19.6. The SMILES string of the molecule is Cc1c(C(C)O)c2cc(C(=O)O)ccc2n1C. The van der Waals surface area contributed by atoms with E-state index < -0.39 is 12.1 Å². The van der Waals surface area contributed by atoms with Gasteiger partial charge in [-0.3, -0.25) is 0 Å². The highest BCUT2D eigenvalue weighted by Crippen LogP contribution is 2.30. The number of nitrogens with zero attached hydrogens (tertiary/aromatic N) is 1. The molecule has 0 saturated carbocycles. The highest BCUT2D eigenvalue weighted by molar-refractivity contribution is 5.95. The molecule has 2 aromatic rings. The second-order valence-electron chi connectivity index (χ2n) is 4.27. The van der Waals surface area contributed by atoms with Gasteiger partial charge in [-0.15, -0.1) is 0 Å². The van der Waals surface area contributed by atoms with Crippen LogP contribution in [0.15, 0.2) is 18.2 Å². The van der Waals surface area contributed by atoms with Crippen LogP contribution in [0.25, 0.3) is 10.9 Å². The lowest BCUT2D eigenvalue weighted by Crippen LogP contribution is -1.96. The van der Waals surface area contributed by atoms with Crippen LogP contribution in [0.3, 0.4) is 0 Å². The summed E-state index contributed by atoms with van der Waals surface area (Å²) in [6, 6.07) is 4.97. The molecule has 0 aliphatic heterocycles. The van der Waals surface area contributed by atoms with E-state index in [1.165, 1.54) is 0 Å². The summed E-state index contributed by atoms with van der Waals surface area (Å²) in [5.41, 5.74) is 2.93. The summed E-state index contributed by atoms with van der Waals surface area (Å²) in [7, 11) is 1.91. The second kappa shape index (κ2) is 3.89. The molecule has 1 aromatic carbocycles. The van der Waals surface area contributed by atoms with E-state index in [4.69, 9.17) is 5.11 Å². The molecule has 0 amide bonds. The minimum absolute atomic E-state index is 0.241. The molecule has 0 fully saturated rings. The number of aliphatic hydroxyl groups is 1. The highest BCUT2D eigenvalue weighted by atomic mass is 16.4. The normalized spacial score (nSPS) is 12.9. The number of carboxylic acids is 1. The predicted molar refractivity (Wildman–Crippen MR) is 65.2 cm³/mol. The molecule has 17 heavy (non-hydrogen) atoms. The van der Waals surface area contributed by atoms with E-state index in [0.29, 0.717) is 0 Å². The molecule has 90 valence electrons. The first-order valence-corrected chi connectivity index (χ1v) is 5.43. The maximum Gasteiger partial charge on any atom is 0.335 e. The molecule has 2 rings (SSSR count). The van der Waals surface area contributed by atoms with E-state index >= 15 is 0 Å². The van der Waals surface area contributed by atoms with Crippen LogP contribution < -0.4 is 0 Å². The summed E-state index contributed by atoms with van der Waals surface area (Å²) in [4.78, 5) is 10.9. The molecule has 1 heterocycles. The summed E-state index contributed by atoms with van der Waals surface area (Å²) >= 11 is 0. The van der Waals surface area contributed by atoms with Gasteiger partial charge in [0.15, 0.2) is 0 Å². The summed E-state index contributed by atoms with van der Waals surface area (Å²) in [6.45, 7) is 3.61. The number of hydrogen-bond acceptors (Lipinski definition) is 2. The second-order valence-corrected chi connectivity index (χ2v) is 4.27. The molecule has 4 heteroatoms. The van der Waals surface area contributed by atoms with Crippen molar-refractivity contribution in [3.8, 4) is 0 Å². The fourth-order valence-corrected chi connectivity index (χ4v) is 2.26. The van der Waals surface area contributed by atoms with Gasteiger partial charge in [-0.25, -0.2) is 4.79 Å². The van der Waals surface area contributed by atoms with Gasteiger partial charge in [-0.1, -0.05) is 0 Å². The topological polar surface area (TPSA) is 62.5 Å². The molecule has 1 aromatic heterocycles. The van der Waals surface area contributed by atoms with Crippen molar-refractivity contribution in [3.05, 3.63) is 35.0 Å². The first-order valence-electron chi connectivity index (χ1n) is 5.43. The number of aromatic carboxylic acids is 1. The number of fused-ring (bicyclic) bond motifs is 1. The minimum atomic E-state index is -0.954. The number of aromatic nitrogens is 1. The molecule has 2 N–H and O–H groups in total. The van der Waals surface area contributed by atoms with Crippen LogP contribution >= 0.6 is 0 Å². The Morgan fingerprint density at radius 3 is 2.59 bits per heavy atom. The van der Waals surface area contributed by atoms with Crippen LogP contribution in [0.5, 0.6) is 0 Å². The van der Waals surface area contributed by atoms with Crippen LogP contribution in [0.2, 0.25) is 0 Å². The van der Waals surface area contributed by atoms with Crippen molar-refractivity contribution < 1.29 is 15.0 Å². The van der Waals surface area contributed by atoms with E-state index in [0.717, 1.165) is 22.2 Å². The van der Waals surface area contributed by atoms with Gasteiger partial charge in [-0.05, 0) is 32.0 Å². The fourth-order valence-electron chi connectivity index (χ4n) is 2.26. The number of aryl methyl sites for hydroxylation is 1. The van der Waals surface area contributed by atoms with Crippen LogP contribution in [0.4, 0.5) is 0 Å². The van der Waals surface area contributed by atoms with E-state index in [-0.39, 0.29) is 5.56 Å². The summed E-state index contributed by atoms with van der Waals surface area (Å²) in [5.74, 6) is -0.954. The zero-order valence-electron chi connectivity index (χ0n) is 10.1. The molecule has 4 nitrogen and oxygen atoms in total. The van der Waals surface area contributed by atoms with Crippen LogP contribution in [0, 0.1) is 6.92 Å². The molecule has 0 aliphatic carbocycles. The maximum atomic E-state index is 10.9. The molecular formula is C13H15NO3. The van der Waals surface area contributed by atoms with Crippen molar-refractivity contribution >= 4 is 16.9 Å². The first kappa shape index (κ1) is 11.7. The lowest BCUT2D eigenvalue weighted by Gasteiger charge is -2.05. The third-order valence-corrected chi connectivity index (χ3v) is 3.21. The van der Waals surface area contributed by atoms with Gasteiger partial charge in [0.05, 0.1) is 11.7 Å². The van der Waals surface area contributed by atoms with Crippen molar-refractivity contribution in [2.45, 2.75) is 20.0 Å². The van der Waals surface area contributed by atoms with E-state index in [1.807, 2.05) is 18.5 Å². The molecule has 0 saturated heterocycles. The van der Waals surface area contributed by atoms with Gasteiger partial charge >= 0.3 is 5.97 Å². The molecule has 0 bridgehead atoms. The Kier molecular flexibility index (Phi) is 2.67. The number of benzene rings is 1. The van der Waals surface area contributed by atoms with Crippen molar-refractivity contribution in [3.63, 3.8) is 0 Å². The lowest BCUT2D eigenvalue weighted by atomic mass is 10.0. The van der Waals surface area contributed by atoms with Gasteiger partial charge in [0.25, 0.3) is 0 Å². The number of carbonyl (C=O) groups is 1. The summed E-state index contributed by atoms with van der Waals surface area (Å²) in [6.07, 6.45) is -0.609. The minimum Gasteiger partial charge on any atom is -0.478 e. The maximum absolute atomic E-state index is 10.9. The molecule has 0 aliphatic rings. The largest absolute Gasteiger partial charge is 0.478 e. The average molecular weight is 233 g/mol. The van der Waals surface area contributed by atoms with Crippen LogP contribution in [0.1, 0.15) is 34.6 Å². The standard InChI is InChI=1S/C13H15NO3/c1-7-12(8(2)15)10-6-9(13(16)17)4-5-11(10)14(7)3/h4-6,8,15H,1-3H3,(H,16,17). The Bertz CT molecular complexity index is 596. The third-order valence-electron chi connectivity index (χ3n) is 3.21. The zero-order chi connectivity index (χ0) is 12.7. The van der Waals surface area contributed by atoms with E-state index in [1.54, 1.807) is 25.1 Å².